The number of hydrogen-bond acceptors (Lipinski definition) is 15. The number of esters is 4. The highest BCUT2D eigenvalue weighted by atomic mass is 31.2. The number of phosphoric ester groups is 2. The van der Waals surface area contributed by atoms with E-state index in [4.69, 9.17) is 37.0 Å². The Hall–Kier alpha value is -1.94. The van der Waals surface area contributed by atoms with Gasteiger partial charge in [0.05, 0.1) is 26.4 Å². The number of carbonyl (C=O) groups excluding carboxylic acids is 4. The number of carbonyl (C=O) groups is 4. The Bertz CT molecular complexity index is 1750. The van der Waals surface area contributed by atoms with Crippen LogP contribution in [0.4, 0.5) is 0 Å². The van der Waals surface area contributed by atoms with Crippen molar-refractivity contribution in [3.63, 3.8) is 0 Å². The molecule has 0 aliphatic rings. The molecule has 3 N–H and O–H groups in total. The molecule has 0 bridgehead atoms. The minimum Gasteiger partial charge on any atom is -0.462 e. The highest BCUT2D eigenvalue weighted by Crippen LogP contribution is 2.45. The van der Waals surface area contributed by atoms with Gasteiger partial charge in [0, 0.05) is 25.7 Å². The molecule has 0 aromatic rings. The Labute approximate surface area is 537 Å². The molecule has 0 rings (SSSR count). The standard InChI is InChI=1S/C69H134O17P2/c1-9-61(7)47-39-31-23-17-14-15-18-24-33-41-49-66(71)79-55-64(85-68(73)51-43-35-25-19-13-11-12-16-21-29-37-45-59(3)4)57-83-87(75,76)81-53-63(70)54-82-88(77,78)84-58-65(86-69(74)52-44-36-26-20-22-30-38-46-60(5)6)56-80-67(72)50-42-34-28-27-32-40-48-62(8)10-2/h59-65,70H,9-58H2,1-8H3,(H,75,76)(H,77,78)/t61?,62?,63-,64-,65-/m1/s1. The van der Waals surface area contributed by atoms with Gasteiger partial charge in [0.2, 0.25) is 0 Å². The van der Waals surface area contributed by atoms with E-state index < -0.39 is 97.5 Å². The van der Waals surface area contributed by atoms with Crippen LogP contribution in [-0.2, 0) is 65.4 Å². The van der Waals surface area contributed by atoms with Crippen molar-refractivity contribution in [1.82, 2.24) is 0 Å². The van der Waals surface area contributed by atoms with Crippen LogP contribution in [0, 0.1) is 23.7 Å². The third-order valence-electron chi connectivity index (χ3n) is 16.5. The molecule has 0 saturated carbocycles. The lowest BCUT2D eigenvalue weighted by Gasteiger charge is -2.21. The first-order valence-corrected chi connectivity index (χ1v) is 38.8. The van der Waals surface area contributed by atoms with Crippen molar-refractivity contribution in [3.8, 4) is 0 Å². The van der Waals surface area contributed by atoms with Crippen molar-refractivity contribution >= 4 is 39.5 Å². The number of unbranched alkanes of at least 4 members (excludes halogenated alkanes) is 30. The van der Waals surface area contributed by atoms with Crippen LogP contribution in [-0.4, -0.2) is 96.7 Å². The van der Waals surface area contributed by atoms with Crippen molar-refractivity contribution in [2.45, 2.75) is 356 Å². The second-order valence-corrected chi connectivity index (χ2v) is 29.3. The summed E-state index contributed by atoms with van der Waals surface area (Å²) in [6.45, 7) is 14.1. The van der Waals surface area contributed by atoms with Crippen molar-refractivity contribution in [3.05, 3.63) is 0 Å². The van der Waals surface area contributed by atoms with Crippen LogP contribution < -0.4 is 0 Å². The summed E-state index contributed by atoms with van der Waals surface area (Å²) in [5.74, 6) is 0.868. The molecule has 17 nitrogen and oxygen atoms in total. The topological polar surface area (TPSA) is 237 Å². The molecular weight excluding hydrogens is 1160 g/mol. The monoisotopic (exact) mass is 1300 g/mol. The Morgan fingerprint density at radius 1 is 0.318 bits per heavy atom. The minimum atomic E-state index is -4.95. The molecule has 0 aromatic heterocycles. The molecule has 0 radical (unpaired) electrons. The molecule has 0 heterocycles. The van der Waals surface area contributed by atoms with Gasteiger partial charge in [-0.1, -0.05) is 287 Å². The summed E-state index contributed by atoms with van der Waals surface area (Å²) in [5, 5.41) is 10.6. The Morgan fingerprint density at radius 3 is 0.807 bits per heavy atom. The van der Waals surface area contributed by atoms with Gasteiger partial charge in [0.25, 0.3) is 0 Å². The van der Waals surface area contributed by atoms with E-state index >= 15 is 0 Å². The summed E-state index contributed by atoms with van der Waals surface area (Å²) in [6.07, 6.45) is 40.3. The zero-order valence-electron chi connectivity index (χ0n) is 57.3. The van der Waals surface area contributed by atoms with Gasteiger partial charge >= 0.3 is 39.5 Å². The predicted octanol–water partition coefficient (Wildman–Crippen LogP) is 19.3. The number of hydrogen-bond donors (Lipinski definition) is 3. The van der Waals surface area contributed by atoms with Crippen molar-refractivity contribution in [2.75, 3.05) is 39.6 Å². The average Bonchev–Trinajstić information content (AvgIpc) is 3.52. The van der Waals surface area contributed by atoms with Gasteiger partial charge in [0.15, 0.2) is 12.2 Å². The first-order chi connectivity index (χ1) is 42.2. The van der Waals surface area contributed by atoms with E-state index in [1.807, 2.05) is 0 Å². The maximum atomic E-state index is 13.0. The Kier molecular flexibility index (Phi) is 57.6. The summed E-state index contributed by atoms with van der Waals surface area (Å²) >= 11 is 0. The van der Waals surface area contributed by atoms with Crippen LogP contribution in [0.5, 0.6) is 0 Å². The van der Waals surface area contributed by atoms with Crippen molar-refractivity contribution < 1.29 is 80.2 Å². The number of ether oxygens (including phenoxy) is 4. The lowest BCUT2D eigenvalue weighted by Crippen LogP contribution is -2.30. The SMILES string of the molecule is CCC(C)CCCCCCCCCCCCC(=O)OC[C@H](COP(=O)(O)OC[C@@H](O)COP(=O)(O)OC[C@@H](COC(=O)CCCCCCCCC(C)CC)OC(=O)CCCCCCCCCC(C)C)OC(=O)CCCCCCCCCCCCCC(C)C. The normalized spacial score (nSPS) is 14.9. The fraction of sp³-hybridized carbons (Fsp3) is 0.942. The van der Waals surface area contributed by atoms with E-state index in [1.54, 1.807) is 0 Å². The fourth-order valence-corrected chi connectivity index (χ4v) is 11.8. The zero-order valence-corrected chi connectivity index (χ0v) is 59.1. The second-order valence-electron chi connectivity index (χ2n) is 26.4. The Balaban J connectivity index is 5.26. The second kappa shape index (κ2) is 58.8. The smallest absolute Gasteiger partial charge is 0.462 e. The fourth-order valence-electron chi connectivity index (χ4n) is 10.2. The summed E-state index contributed by atoms with van der Waals surface area (Å²) in [7, 11) is -9.90. The number of rotatable bonds is 66. The summed E-state index contributed by atoms with van der Waals surface area (Å²) in [5.41, 5.74) is 0. The largest absolute Gasteiger partial charge is 0.472 e. The maximum Gasteiger partial charge on any atom is 0.472 e. The first kappa shape index (κ1) is 86.1. The van der Waals surface area contributed by atoms with Crippen LogP contribution in [0.2, 0.25) is 0 Å². The van der Waals surface area contributed by atoms with Gasteiger partial charge in [0.1, 0.15) is 19.3 Å². The van der Waals surface area contributed by atoms with E-state index in [9.17, 15) is 43.2 Å². The lowest BCUT2D eigenvalue weighted by atomic mass is 9.99. The quantitative estimate of drug-likeness (QED) is 0.0222. The van der Waals surface area contributed by atoms with Crippen molar-refractivity contribution in [1.29, 1.82) is 0 Å². The first-order valence-electron chi connectivity index (χ1n) is 35.8. The van der Waals surface area contributed by atoms with Crippen LogP contribution in [0.25, 0.3) is 0 Å². The summed E-state index contributed by atoms with van der Waals surface area (Å²) < 4.78 is 68.2. The predicted molar refractivity (Wildman–Crippen MR) is 354 cm³/mol. The van der Waals surface area contributed by atoms with Gasteiger partial charge in [-0.3, -0.25) is 37.3 Å². The van der Waals surface area contributed by atoms with E-state index in [2.05, 4.69) is 55.4 Å². The van der Waals surface area contributed by atoms with E-state index in [0.717, 1.165) is 114 Å². The van der Waals surface area contributed by atoms with Crippen LogP contribution in [0.1, 0.15) is 338 Å². The average molecular weight is 1300 g/mol. The third kappa shape index (κ3) is 60.3. The van der Waals surface area contributed by atoms with E-state index in [0.29, 0.717) is 31.6 Å². The Morgan fingerprint density at radius 2 is 0.545 bits per heavy atom. The van der Waals surface area contributed by atoms with E-state index in [1.165, 1.54) is 135 Å². The van der Waals surface area contributed by atoms with Gasteiger partial charge in [-0.2, -0.15) is 0 Å². The number of phosphoric acid groups is 2. The highest BCUT2D eigenvalue weighted by molar-refractivity contribution is 7.47. The molecule has 0 aromatic carbocycles. The maximum absolute atomic E-state index is 13.0. The lowest BCUT2D eigenvalue weighted by molar-refractivity contribution is -0.161. The molecule has 7 atom stereocenters. The van der Waals surface area contributed by atoms with Gasteiger partial charge in [-0.05, 0) is 49.4 Å². The molecule has 0 saturated heterocycles. The molecule has 0 fully saturated rings. The molecule has 0 amide bonds. The van der Waals surface area contributed by atoms with Crippen molar-refractivity contribution in [2.24, 2.45) is 23.7 Å². The molecule has 19 heteroatoms. The molecule has 522 valence electrons. The van der Waals surface area contributed by atoms with Gasteiger partial charge < -0.3 is 33.8 Å². The summed E-state index contributed by atoms with van der Waals surface area (Å²) in [6, 6.07) is 0. The number of aliphatic hydroxyl groups excluding tert-OH is 1. The zero-order chi connectivity index (χ0) is 65.4. The van der Waals surface area contributed by atoms with Gasteiger partial charge in [-0.25, -0.2) is 9.13 Å². The van der Waals surface area contributed by atoms with Crippen LogP contribution in [0.15, 0.2) is 0 Å². The highest BCUT2D eigenvalue weighted by Gasteiger charge is 2.30. The van der Waals surface area contributed by atoms with Gasteiger partial charge in [-0.15, -0.1) is 0 Å². The molecular formula is C69H134O17P2. The molecule has 88 heavy (non-hydrogen) atoms. The molecule has 0 aliphatic heterocycles. The van der Waals surface area contributed by atoms with Crippen LogP contribution in [0.3, 0.4) is 0 Å². The molecule has 0 spiro atoms. The minimum absolute atomic E-state index is 0.102. The molecule has 0 aliphatic carbocycles. The molecule has 4 unspecified atom stereocenters. The third-order valence-corrected chi connectivity index (χ3v) is 18.4. The summed E-state index contributed by atoms with van der Waals surface area (Å²) in [4.78, 5) is 72.5. The number of aliphatic hydroxyl groups is 1. The van der Waals surface area contributed by atoms with Crippen LogP contribution >= 0.6 is 15.6 Å². The van der Waals surface area contributed by atoms with E-state index in [-0.39, 0.29) is 25.7 Å².